The highest BCUT2D eigenvalue weighted by atomic mass is 35.5. The lowest BCUT2D eigenvalue weighted by atomic mass is 9.93. The highest BCUT2D eigenvalue weighted by Crippen LogP contribution is 2.38. The van der Waals surface area contributed by atoms with E-state index >= 15 is 0 Å². The predicted molar refractivity (Wildman–Crippen MR) is 101 cm³/mol. The molecule has 0 saturated heterocycles. The number of anilines is 1. The SMILES string of the molecule is CCOC(=O)CCCOc1cc(N2C(=O)C3=C(CCCC3)C2=O)ccc1Cl. The first-order valence-corrected chi connectivity index (χ1v) is 9.59. The van der Waals surface area contributed by atoms with Gasteiger partial charge in [-0.15, -0.1) is 0 Å². The first-order valence-electron chi connectivity index (χ1n) is 9.21. The van der Waals surface area contributed by atoms with Crippen LogP contribution < -0.4 is 9.64 Å². The smallest absolute Gasteiger partial charge is 0.305 e. The normalized spacial score (nSPS) is 16.6. The molecule has 3 rings (SSSR count). The Morgan fingerprint density at radius 3 is 2.44 bits per heavy atom. The summed E-state index contributed by atoms with van der Waals surface area (Å²) in [7, 11) is 0. The number of rotatable bonds is 7. The molecule has 0 atom stereocenters. The van der Waals surface area contributed by atoms with Crippen LogP contribution in [0.25, 0.3) is 0 Å². The van der Waals surface area contributed by atoms with Crippen molar-refractivity contribution in [2.45, 2.75) is 45.4 Å². The number of hydrogen-bond donors (Lipinski definition) is 0. The fourth-order valence-corrected chi connectivity index (χ4v) is 3.52. The van der Waals surface area contributed by atoms with Crippen LogP contribution in [-0.2, 0) is 19.1 Å². The summed E-state index contributed by atoms with van der Waals surface area (Å²) in [4.78, 5) is 37.9. The van der Waals surface area contributed by atoms with Gasteiger partial charge in [-0.2, -0.15) is 0 Å². The summed E-state index contributed by atoms with van der Waals surface area (Å²) in [5.74, 6) is -0.384. The molecule has 2 aliphatic rings. The van der Waals surface area contributed by atoms with E-state index in [9.17, 15) is 14.4 Å². The van der Waals surface area contributed by atoms with Gasteiger partial charge in [0.25, 0.3) is 11.8 Å². The predicted octanol–water partition coefficient (Wildman–Crippen LogP) is 3.81. The minimum absolute atomic E-state index is 0.245. The van der Waals surface area contributed by atoms with Gasteiger partial charge < -0.3 is 9.47 Å². The zero-order chi connectivity index (χ0) is 19.4. The number of nitrogens with zero attached hydrogens (tertiary/aromatic N) is 1. The fraction of sp³-hybridized carbons (Fsp3) is 0.450. The second-order valence-electron chi connectivity index (χ2n) is 6.48. The van der Waals surface area contributed by atoms with Gasteiger partial charge in [-0.05, 0) is 51.2 Å². The highest BCUT2D eigenvalue weighted by molar-refractivity contribution is 6.34. The van der Waals surface area contributed by atoms with Gasteiger partial charge in [0.2, 0.25) is 0 Å². The van der Waals surface area contributed by atoms with Crippen molar-refractivity contribution in [1.82, 2.24) is 0 Å². The summed E-state index contributed by atoms with van der Waals surface area (Å²) < 4.78 is 10.5. The second-order valence-corrected chi connectivity index (χ2v) is 6.89. The van der Waals surface area contributed by atoms with Crippen LogP contribution in [0.15, 0.2) is 29.3 Å². The molecule has 0 saturated carbocycles. The van der Waals surface area contributed by atoms with Crippen molar-refractivity contribution in [1.29, 1.82) is 0 Å². The Hall–Kier alpha value is -2.34. The standard InChI is InChI=1S/C20H22ClNO5/c1-2-26-18(23)8-5-11-27-17-12-13(9-10-16(17)21)22-19(24)14-6-3-4-7-15(14)20(22)25/h9-10,12H,2-8,11H2,1H3. The lowest BCUT2D eigenvalue weighted by Crippen LogP contribution is -2.31. The van der Waals surface area contributed by atoms with Crippen LogP contribution in [-0.4, -0.2) is 31.0 Å². The van der Waals surface area contributed by atoms with Crippen molar-refractivity contribution in [3.05, 3.63) is 34.4 Å². The van der Waals surface area contributed by atoms with Gasteiger partial charge in [-0.1, -0.05) is 11.6 Å². The highest BCUT2D eigenvalue weighted by Gasteiger charge is 2.39. The Kier molecular flexibility index (Phi) is 6.16. The lowest BCUT2D eigenvalue weighted by molar-refractivity contribution is -0.143. The monoisotopic (exact) mass is 391 g/mol. The third kappa shape index (κ3) is 4.16. The molecule has 1 heterocycles. The summed E-state index contributed by atoms with van der Waals surface area (Å²) in [5.41, 5.74) is 1.72. The maximum absolute atomic E-state index is 12.7. The van der Waals surface area contributed by atoms with Gasteiger partial charge in [0.15, 0.2) is 0 Å². The minimum Gasteiger partial charge on any atom is -0.492 e. The molecule has 0 N–H and O–H groups in total. The zero-order valence-corrected chi connectivity index (χ0v) is 16.0. The molecule has 1 aliphatic heterocycles. The topological polar surface area (TPSA) is 72.9 Å². The first kappa shape index (κ1) is 19.4. The Morgan fingerprint density at radius 2 is 1.81 bits per heavy atom. The molecule has 0 radical (unpaired) electrons. The number of ether oxygens (including phenoxy) is 2. The lowest BCUT2D eigenvalue weighted by Gasteiger charge is -2.17. The summed E-state index contributed by atoms with van der Waals surface area (Å²) in [5, 5.41) is 0.381. The van der Waals surface area contributed by atoms with Crippen molar-refractivity contribution in [2.24, 2.45) is 0 Å². The van der Waals surface area contributed by atoms with Crippen LogP contribution in [0, 0.1) is 0 Å². The maximum atomic E-state index is 12.7. The van der Waals surface area contributed by atoms with Crippen LogP contribution >= 0.6 is 11.6 Å². The van der Waals surface area contributed by atoms with Crippen LogP contribution in [0.3, 0.4) is 0 Å². The van der Waals surface area contributed by atoms with E-state index in [2.05, 4.69) is 0 Å². The van der Waals surface area contributed by atoms with Crippen LogP contribution in [0.5, 0.6) is 5.75 Å². The molecule has 0 fully saturated rings. The van der Waals surface area contributed by atoms with Gasteiger partial charge in [0.1, 0.15) is 5.75 Å². The van der Waals surface area contributed by atoms with Crippen molar-refractivity contribution in [2.75, 3.05) is 18.1 Å². The van der Waals surface area contributed by atoms with Crippen molar-refractivity contribution < 1.29 is 23.9 Å². The number of benzene rings is 1. The van der Waals surface area contributed by atoms with Crippen LogP contribution in [0.1, 0.15) is 45.4 Å². The summed E-state index contributed by atoms with van der Waals surface area (Å²) >= 11 is 6.17. The molecular formula is C20H22ClNO5. The van der Waals surface area contributed by atoms with E-state index in [1.807, 2.05) is 0 Å². The maximum Gasteiger partial charge on any atom is 0.305 e. The van der Waals surface area contributed by atoms with E-state index in [4.69, 9.17) is 21.1 Å². The van der Waals surface area contributed by atoms with Gasteiger partial charge in [-0.3, -0.25) is 14.4 Å². The molecule has 0 aromatic heterocycles. The van der Waals surface area contributed by atoms with Crippen molar-refractivity contribution >= 4 is 35.1 Å². The zero-order valence-electron chi connectivity index (χ0n) is 15.3. The summed E-state index contributed by atoms with van der Waals surface area (Å²) in [6, 6.07) is 4.85. The van der Waals surface area contributed by atoms with E-state index in [1.54, 1.807) is 25.1 Å². The minimum atomic E-state index is -0.272. The molecule has 1 aromatic rings. The van der Waals surface area contributed by atoms with Crippen LogP contribution in [0.4, 0.5) is 5.69 Å². The van der Waals surface area contributed by atoms with E-state index in [-0.39, 0.29) is 30.8 Å². The molecule has 6 nitrogen and oxygen atoms in total. The van der Waals surface area contributed by atoms with E-state index in [1.165, 1.54) is 4.90 Å². The Balaban J connectivity index is 1.68. The number of imide groups is 1. The van der Waals surface area contributed by atoms with Gasteiger partial charge in [-0.25, -0.2) is 4.90 Å². The molecular weight excluding hydrogens is 370 g/mol. The molecule has 0 spiro atoms. The second kappa shape index (κ2) is 8.57. The van der Waals surface area contributed by atoms with E-state index in [0.717, 1.165) is 12.8 Å². The number of halogens is 1. The third-order valence-electron chi connectivity index (χ3n) is 4.65. The first-order chi connectivity index (χ1) is 13.0. The van der Waals surface area contributed by atoms with Gasteiger partial charge in [0.05, 0.1) is 23.9 Å². The molecule has 7 heteroatoms. The number of carbonyl (C=O) groups is 3. The molecule has 2 amide bonds. The Morgan fingerprint density at radius 1 is 1.15 bits per heavy atom. The average molecular weight is 392 g/mol. The Bertz CT molecular complexity index is 774. The van der Waals surface area contributed by atoms with E-state index in [0.29, 0.717) is 53.5 Å². The molecule has 0 bridgehead atoms. The molecule has 27 heavy (non-hydrogen) atoms. The summed E-state index contributed by atoms with van der Waals surface area (Å²) in [6.07, 6.45) is 3.91. The van der Waals surface area contributed by atoms with Crippen molar-refractivity contribution in [3.8, 4) is 5.75 Å². The molecule has 1 aliphatic carbocycles. The molecule has 0 unspecified atom stereocenters. The van der Waals surface area contributed by atoms with Crippen LogP contribution in [0.2, 0.25) is 5.02 Å². The number of esters is 1. The van der Waals surface area contributed by atoms with E-state index < -0.39 is 0 Å². The fourth-order valence-electron chi connectivity index (χ4n) is 3.35. The number of amides is 2. The third-order valence-corrected chi connectivity index (χ3v) is 4.96. The summed E-state index contributed by atoms with van der Waals surface area (Å²) in [6.45, 7) is 2.38. The average Bonchev–Trinajstić information content (AvgIpc) is 2.92. The van der Waals surface area contributed by atoms with Gasteiger partial charge >= 0.3 is 5.97 Å². The number of hydrogen-bond acceptors (Lipinski definition) is 5. The quantitative estimate of drug-likeness (QED) is 0.401. The molecule has 1 aromatic carbocycles. The molecule has 144 valence electrons. The largest absolute Gasteiger partial charge is 0.492 e. The van der Waals surface area contributed by atoms with Gasteiger partial charge in [0, 0.05) is 23.6 Å². The number of carbonyl (C=O) groups excluding carboxylic acids is 3. The Labute approximate surface area is 163 Å². The van der Waals surface area contributed by atoms with Crippen molar-refractivity contribution in [3.63, 3.8) is 0 Å².